The third kappa shape index (κ3) is 3.41. The van der Waals surface area contributed by atoms with Crippen molar-refractivity contribution in [3.8, 4) is 0 Å². The first-order valence-electron chi connectivity index (χ1n) is 2.45. The first-order chi connectivity index (χ1) is 4.83. The summed E-state index contributed by atoms with van der Waals surface area (Å²) in [5.74, 6) is 0. The molecule has 2 aliphatic heterocycles. The van der Waals surface area contributed by atoms with E-state index in [1.807, 2.05) is 0 Å². The van der Waals surface area contributed by atoms with E-state index in [0.717, 1.165) is 0 Å². The van der Waals surface area contributed by atoms with Crippen LogP contribution < -0.4 is 19.2 Å². The maximum Gasteiger partial charge on any atom is 2.00 e. The third-order valence-electron chi connectivity index (χ3n) is 1.000. The van der Waals surface area contributed by atoms with Gasteiger partial charge in [0.1, 0.15) is 18.1 Å². The van der Waals surface area contributed by atoms with Crippen LogP contribution in [0.5, 0.6) is 0 Å². The van der Waals surface area contributed by atoms with Gasteiger partial charge in [0.15, 0.2) is 0 Å². The van der Waals surface area contributed by atoms with Crippen LogP contribution >= 0.6 is 0 Å². The van der Waals surface area contributed by atoms with Crippen LogP contribution in [0.3, 0.4) is 0 Å². The van der Waals surface area contributed by atoms with Crippen molar-refractivity contribution < 1.29 is 41.1 Å². The monoisotopic (exact) mass is 278 g/mol. The van der Waals surface area contributed by atoms with Gasteiger partial charge in [-0.1, -0.05) is 0 Å². The van der Waals surface area contributed by atoms with Gasteiger partial charge in [-0.15, -0.1) is 0 Å². The summed E-state index contributed by atoms with van der Waals surface area (Å²) in [6.07, 6.45) is 0. The van der Waals surface area contributed by atoms with E-state index in [9.17, 15) is 19.2 Å². The van der Waals surface area contributed by atoms with Crippen molar-refractivity contribution >= 4 is 73.2 Å². The summed E-state index contributed by atoms with van der Waals surface area (Å²) in [5.41, 5.74) is 0. The van der Waals surface area contributed by atoms with E-state index < -0.39 is 27.1 Å². The zero-order valence-corrected chi connectivity index (χ0v) is 12.5. The average Bonchev–Trinajstić information content (AvgIpc) is 1.52. The van der Waals surface area contributed by atoms with E-state index in [0.29, 0.717) is 0 Å². The quantitative estimate of drug-likeness (QED) is 0.395. The smallest absolute Gasteiger partial charge is 0.829 e. The van der Waals surface area contributed by atoms with Crippen LogP contribution in [-0.4, -0.2) is 78.7 Å². The Hall–Kier alpha value is 1.82. The number of hydrogen-bond acceptors (Lipinski definition) is 8. The second-order valence-electron chi connectivity index (χ2n) is 1.91. The maximum absolute atomic E-state index is 10.2. The first kappa shape index (κ1) is 18.2. The molecule has 72 valence electrons. The molecule has 14 heteroatoms. The number of rotatable bonds is 0. The fourth-order valence-corrected chi connectivity index (χ4v) is 7.90. The molecule has 0 atom stereocenters. The minimum atomic E-state index is -4.56. The zero-order chi connectivity index (χ0) is 8.33. The normalized spacial score (nSPS) is 28.3. The van der Waals surface area contributed by atoms with Gasteiger partial charge in [0.2, 0.25) is 0 Å². The number of hydrogen-bond donors (Lipinski definition) is 0. The van der Waals surface area contributed by atoms with Crippen LogP contribution in [0, 0.1) is 0 Å². The minimum Gasteiger partial charge on any atom is -0.829 e. The maximum atomic E-state index is 10.2. The fraction of sp³-hybridized carbons (Fsp3) is 0. The predicted molar refractivity (Wildman–Crippen MR) is 36.7 cm³/mol. The largest absolute Gasteiger partial charge is 2.00 e. The van der Waals surface area contributed by atoms with Gasteiger partial charge in [-0.3, -0.25) is 0 Å². The molecule has 0 saturated carbocycles. The molecule has 0 aromatic rings. The van der Waals surface area contributed by atoms with Crippen LogP contribution in [0.15, 0.2) is 0 Å². The van der Waals surface area contributed by atoms with E-state index in [4.69, 9.17) is 0 Å². The molecule has 0 aliphatic carbocycles. The molecule has 2 aliphatic rings. The molecular formula is H2Mg2O9Si3. The summed E-state index contributed by atoms with van der Waals surface area (Å²) in [5, 5.41) is 0. The molecule has 0 aromatic heterocycles. The molecule has 0 aromatic carbocycles. The SMILES string of the molecule is O.[Mg+2].[Mg+2].[O-][Si]1([O-])O[Si]2(O1)O[Si]([O-])([O-])O2. The van der Waals surface area contributed by atoms with Crippen molar-refractivity contribution in [2.75, 3.05) is 0 Å². The van der Waals surface area contributed by atoms with Crippen molar-refractivity contribution in [2.24, 2.45) is 0 Å². The van der Waals surface area contributed by atoms with Crippen LogP contribution in [0.2, 0.25) is 0 Å². The molecule has 0 radical (unpaired) electrons. The minimum absolute atomic E-state index is 0. The van der Waals surface area contributed by atoms with Crippen molar-refractivity contribution in [3.63, 3.8) is 0 Å². The van der Waals surface area contributed by atoms with Crippen LogP contribution in [0.4, 0.5) is 0 Å². The molecule has 2 N–H and O–H groups in total. The topological polar surface area (TPSA) is 161 Å². The summed E-state index contributed by atoms with van der Waals surface area (Å²) in [4.78, 5) is 40.8. The van der Waals surface area contributed by atoms with Gasteiger partial charge in [0.05, 0.1) is 0 Å². The molecule has 14 heavy (non-hydrogen) atoms. The summed E-state index contributed by atoms with van der Waals surface area (Å²) < 4.78 is 16.1. The third-order valence-corrected chi connectivity index (χ3v) is 9.00. The van der Waals surface area contributed by atoms with Gasteiger partial charge in [-0.05, 0) is 0 Å². The van der Waals surface area contributed by atoms with Gasteiger partial charge in [0.25, 0.3) is 0 Å². The molecule has 2 heterocycles. The zero-order valence-electron chi connectivity index (χ0n) is 6.68. The summed E-state index contributed by atoms with van der Waals surface area (Å²) in [7, 11) is -12.8. The van der Waals surface area contributed by atoms with Gasteiger partial charge < -0.3 is 41.1 Å². The van der Waals surface area contributed by atoms with Crippen molar-refractivity contribution in [2.45, 2.75) is 0 Å². The van der Waals surface area contributed by atoms with Crippen molar-refractivity contribution in [1.82, 2.24) is 0 Å². The standard InChI is InChI=1S/2Mg.O8Si3.H2O/c;;1-9(2)5-11(6-9)7-10(3,4)8-11;/h;;;1H2/q2*+2;-4;. The predicted octanol–water partition coefficient (Wildman–Crippen LogP) is -7.76. The van der Waals surface area contributed by atoms with E-state index >= 15 is 0 Å². The first-order valence-corrected chi connectivity index (χ1v) is 7.35. The fourth-order valence-electron chi connectivity index (χ4n) is 0.711. The Bertz CT molecular complexity index is 163. The van der Waals surface area contributed by atoms with Gasteiger partial charge in [0, 0.05) is 0 Å². The van der Waals surface area contributed by atoms with Crippen LogP contribution in [0.1, 0.15) is 0 Å². The Morgan fingerprint density at radius 2 is 0.857 bits per heavy atom. The van der Waals surface area contributed by atoms with E-state index in [2.05, 4.69) is 16.5 Å². The molecule has 0 unspecified atom stereocenters. The average molecular weight is 279 g/mol. The Balaban J connectivity index is 0. The molecular weight excluding hydrogens is 277 g/mol. The van der Waals surface area contributed by atoms with Crippen molar-refractivity contribution in [1.29, 1.82) is 0 Å². The van der Waals surface area contributed by atoms with Gasteiger partial charge in [-0.2, -0.15) is 0 Å². The van der Waals surface area contributed by atoms with Crippen LogP contribution in [-0.2, 0) is 16.5 Å². The van der Waals surface area contributed by atoms with Crippen molar-refractivity contribution in [3.05, 3.63) is 0 Å². The molecule has 0 amide bonds. The molecule has 2 saturated heterocycles. The van der Waals surface area contributed by atoms with E-state index in [1.54, 1.807) is 0 Å². The summed E-state index contributed by atoms with van der Waals surface area (Å²) in [6.45, 7) is 0. The van der Waals surface area contributed by atoms with E-state index in [1.165, 1.54) is 0 Å². The molecule has 1 spiro atoms. The Morgan fingerprint density at radius 1 is 0.643 bits per heavy atom. The van der Waals surface area contributed by atoms with Gasteiger partial charge in [-0.25, -0.2) is 0 Å². The molecule has 2 rings (SSSR count). The Labute approximate surface area is 114 Å². The Kier molecular flexibility index (Phi) is 6.49. The summed E-state index contributed by atoms with van der Waals surface area (Å²) >= 11 is 0. The molecule has 2 fully saturated rings. The van der Waals surface area contributed by atoms with Gasteiger partial charge >= 0.3 is 55.2 Å². The van der Waals surface area contributed by atoms with Crippen LogP contribution in [0.25, 0.3) is 0 Å². The molecule has 0 bridgehead atoms. The second-order valence-corrected chi connectivity index (χ2v) is 8.17. The molecule has 9 nitrogen and oxygen atoms in total. The summed E-state index contributed by atoms with van der Waals surface area (Å²) in [6, 6.07) is 0. The second kappa shape index (κ2) is 4.99. The van der Waals surface area contributed by atoms with E-state index in [-0.39, 0.29) is 51.6 Å². The Morgan fingerprint density at radius 3 is 1.00 bits per heavy atom.